The molecule has 2 nitrogen and oxygen atoms in total. The molecular weight excluding hydrogens is 296 g/mol. The van der Waals surface area contributed by atoms with Crippen molar-refractivity contribution in [2.45, 2.75) is 37.6 Å². The van der Waals surface area contributed by atoms with Gasteiger partial charge in [-0.05, 0) is 55.7 Å². The van der Waals surface area contributed by atoms with Gasteiger partial charge >= 0.3 is 0 Å². The quantitative estimate of drug-likeness (QED) is 0.887. The minimum Gasteiger partial charge on any atom is -0.350 e. The molecule has 2 aromatic rings. The van der Waals surface area contributed by atoms with Crippen LogP contribution in [0.15, 0.2) is 48.5 Å². The first-order chi connectivity index (χ1) is 10.9. The second-order valence-corrected chi connectivity index (χ2v) is 6.65. The van der Waals surface area contributed by atoms with Gasteiger partial charge in [-0.3, -0.25) is 4.79 Å². The zero-order chi connectivity index (χ0) is 16.6. The molecule has 1 saturated heterocycles. The zero-order valence-corrected chi connectivity index (χ0v) is 13.1. The second kappa shape index (κ2) is 5.76. The lowest BCUT2D eigenvalue weighted by Crippen LogP contribution is -2.54. The Labute approximate surface area is 134 Å². The van der Waals surface area contributed by atoms with Gasteiger partial charge in [-0.25, -0.2) is 8.78 Å². The number of nitrogens with one attached hydrogen (secondary N) is 1. The van der Waals surface area contributed by atoms with E-state index in [0.29, 0.717) is 6.42 Å². The van der Waals surface area contributed by atoms with Crippen molar-refractivity contribution in [1.29, 1.82) is 0 Å². The Morgan fingerprint density at radius 3 is 1.91 bits per heavy atom. The monoisotopic (exact) mass is 315 g/mol. The molecule has 0 unspecified atom stereocenters. The Hall–Kier alpha value is -2.23. The first-order valence-corrected chi connectivity index (χ1v) is 7.70. The maximum Gasteiger partial charge on any atom is 0.227 e. The van der Waals surface area contributed by atoms with Crippen LogP contribution >= 0.6 is 0 Å². The predicted octanol–water partition coefficient (Wildman–Crippen LogP) is 4.13. The maximum absolute atomic E-state index is 13.2. The van der Waals surface area contributed by atoms with E-state index in [1.807, 2.05) is 13.8 Å². The van der Waals surface area contributed by atoms with Crippen LogP contribution in [0.5, 0.6) is 0 Å². The van der Waals surface area contributed by atoms with Gasteiger partial charge in [-0.15, -0.1) is 0 Å². The number of amides is 1. The number of carbonyl (C=O) groups excluding carboxylic acids is 1. The van der Waals surface area contributed by atoms with Crippen molar-refractivity contribution in [1.82, 2.24) is 5.32 Å². The highest BCUT2D eigenvalue weighted by molar-refractivity contribution is 5.85. The molecule has 1 fully saturated rings. The molecule has 2 aromatic carbocycles. The molecule has 120 valence electrons. The molecule has 4 heteroatoms. The standard InChI is InChI=1S/C19H19F2NO/c1-19(2)17(13-5-9-15(21)10-6-13)11-16(18(23)22-19)12-3-7-14(20)8-4-12/h3-10,16-17H,11H2,1-2H3,(H,22,23)/t16-,17+/m1/s1. The predicted molar refractivity (Wildman–Crippen MR) is 85.1 cm³/mol. The highest BCUT2D eigenvalue weighted by atomic mass is 19.1. The lowest BCUT2D eigenvalue weighted by Gasteiger charge is -2.43. The molecule has 1 heterocycles. The molecule has 1 aliphatic rings. The van der Waals surface area contributed by atoms with Gasteiger partial charge in [0.25, 0.3) is 0 Å². The Kier molecular flexibility index (Phi) is 3.92. The van der Waals surface area contributed by atoms with Gasteiger partial charge in [0, 0.05) is 11.5 Å². The number of rotatable bonds is 2. The number of halogens is 2. The molecular formula is C19H19F2NO. The molecule has 1 N–H and O–H groups in total. The van der Waals surface area contributed by atoms with Gasteiger partial charge < -0.3 is 5.32 Å². The fourth-order valence-electron chi connectivity index (χ4n) is 3.36. The van der Waals surface area contributed by atoms with Crippen LogP contribution in [-0.2, 0) is 4.79 Å². The Bertz CT molecular complexity index is 707. The van der Waals surface area contributed by atoms with E-state index in [2.05, 4.69) is 5.32 Å². The topological polar surface area (TPSA) is 29.1 Å². The van der Waals surface area contributed by atoms with E-state index in [9.17, 15) is 13.6 Å². The number of piperidine rings is 1. The van der Waals surface area contributed by atoms with Crippen molar-refractivity contribution in [2.75, 3.05) is 0 Å². The minimum absolute atomic E-state index is 0.0517. The fraction of sp³-hybridized carbons (Fsp3) is 0.316. The lowest BCUT2D eigenvalue weighted by atomic mass is 9.71. The van der Waals surface area contributed by atoms with Gasteiger partial charge in [0.1, 0.15) is 11.6 Å². The number of benzene rings is 2. The fourth-order valence-corrected chi connectivity index (χ4v) is 3.36. The van der Waals surface area contributed by atoms with Crippen LogP contribution in [0.25, 0.3) is 0 Å². The average Bonchev–Trinajstić information content (AvgIpc) is 2.49. The van der Waals surface area contributed by atoms with Gasteiger partial charge in [-0.2, -0.15) is 0 Å². The molecule has 23 heavy (non-hydrogen) atoms. The van der Waals surface area contributed by atoms with Crippen molar-refractivity contribution in [3.63, 3.8) is 0 Å². The van der Waals surface area contributed by atoms with Crippen LogP contribution in [-0.4, -0.2) is 11.4 Å². The highest BCUT2D eigenvalue weighted by Crippen LogP contribution is 2.41. The minimum atomic E-state index is -0.425. The summed E-state index contributed by atoms with van der Waals surface area (Å²) in [6.45, 7) is 3.94. The van der Waals surface area contributed by atoms with Crippen LogP contribution in [0.4, 0.5) is 8.78 Å². The lowest BCUT2D eigenvalue weighted by molar-refractivity contribution is -0.127. The normalized spacial score (nSPS) is 23.4. The molecule has 0 radical (unpaired) electrons. The van der Waals surface area contributed by atoms with E-state index < -0.39 is 5.54 Å². The summed E-state index contributed by atoms with van der Waals surface area (Å²) in [7, 11) is 0. The van der Waals surface area contributed by atoms with Crippen molar-refractivity contribution < 1.29 is 13.6 Å². The van der Waals surface area contributed by atoms with Crippen LogP contribution in [0.3, 0.4) is 0 Å². The zero-order valence-electron chi connectivity index (χ0n) is 13.1. The van der Waals surface area contributed by atoms with Crippen molar-refractivity contribution in [2.24, 2.45) is 0 Å². The SMILES string of the molecule is CC1(C)NC(=O)[C@@H](c2ccc(F)cc2)C[C@H]1c1ccc(F)cc1. The third-order valence-corrected chi connectivity index (χ3v) is 4.65. The summed E-state index contributed by atoms with van der Waals surface area (Å²) in [5.41, 5.74) is 1.36. The van der Waals surface area contributed by atoms with Gasteiger partial charge in [0.15, 0.2) is 0 Å². The van der Waals surface area contributed by atoms with Crippen LogP contribution < -0.4 is 5.32 Å². The van der Waals surface area contributed by atoms with Crippen molar-refractivity contribution >= 4 is 5.91 Å². The summed E-state index contributed by atoms with van der Waals surface area (Å²) in [6.07, 6.45) is 0.607. The smallest absolute Gasteiger partial charge is 0.227 e. The van der Waals surface area contributed by atoms with E-state index in [4.69, 9.17) is 0 Å². The summed E-state index contributed by atoms with van der Waals surface area (Å²) in [5, 5.41) is 3.06. The summed E-state index contributed by atoms with van der Waals surface area (Å²) in [4.78, 5) is 12.5. The Balaban J connectivity index is 1.94. The van der Waals surface area contributed by atoms with E-state index in [0.717, 1.165) is 11.1 Å². The molecule has 0 spiro atoms. The summed E-state index contributed by atoms with van der Waals surface area (Å²) in [5.74, 6) is -0.934. The summed E-state index contributed by atoms with van der Waals surface area (Å²) >= 11 is 0. The number of hydrogen-bond acceptors (Lipinski definition) is 1. The third-order valence-electron chi connectivity index (χ3n) is 4.65. The first kappa shape index (κ1) is 15.7. The summed E-state index contributed by atoms with van der Waals surface area (Å²) in [6, 6.07) is 12.5. The van der Waals surface area contributed by atoms with Crippen LogP contribution in [0, 0.1) is 11.6 Å². The van der Waals surface area contributed by atoms with E-state index in [1.54, 1.807) is 24.3 Å². The van der Waals surface area contributed by atoms with Crippen molar-refractivity contribution in [3.8, 4) is 0 Å². The van der Waals surface area contributed by atoms with E-state index in [-0.39, 0.29) is 29.4 Å². The molecule has 0 saturated carbocycles. The molecule has 0 aromatic heterocycles. The molecule has 0 bridgehead atoms. The third kappa shape index (κ3) is 3.11. The Morgan fingerprint density at radius 1 is 0.913 bits per heavy atom. The number of carbonyl (C=O) groups is 1. The second-order valence-electron chi connectivity index (χ2n) is 6.65. The maximum atomic E-state index is 13.2. The van der Waals surface area contributed by atoms with E-state index >= 15 is 0 Å². The van der Waals surface area contributed by atoms with E-state index in [1.165, 1.54) is 24.3 Å². The molecule has 1 amide bonds. The summed E-state index contributed by atoms with van der Waals surface area (Å²) < 4.78 is 26.3. The van der Waals surface area contributed by atoms with Gasteiger partial charge in [0.2, 0.25) is 5.91 Å². The number of hydrogen-bond donors (Lipinski definition) is 1. The van der Waals surface area contributed by atoms with Crippen LogP contribution in [0.2, 0.25) is 0 Å². The molecule has 3 rings (SSSR count). The first-order valence-electron chi connectivity index (χ1n) is 7.70. The van der Waals surface area contributed by atoms with Crippen molar-refractivity contribution in [3.05, 3.63) is 71.3 Å². The van der Waals surface area contributed by atoms with Crippen LogP contribution in [0.1, 0.15) is 43.2 Å². The van der Waals surface area contributed by atoms with Gasteiger partial charge in [0.05, 0.1) is 5.92 Å². The average molecular weight is 315 g/mol. The van der Waals surface area contributed by atoms with Gasteiger partial charge in [-0.1, -0.05) is 24.3 Å². The molecule has 1 aliphatic heterocycles. The molecule has 0 aliphatic carbocycles. The molecule has 2 atom stereocenters. The Morgan fingerprint density at radius 2 is 1.39 bits per heavy atom. The highest BCUT2D eigenvalue weighted by Gasteiger charge is 2.42. The largest absolute Gasteiger partial charge is 0.350 e.